The maximum Gasteiger partial charge on any atom is 0.249 e. The average molecular weight is 278 g/mol. The molecule has 1 unspecified atom stereocenters. The Labute approximate surface area is 119 Å². The van der Waals surface area contributed by atoms with E-state index >= 15 is 0 Å². The third-order valence-electron chi connectivity index (χ3n) is 4.22. The second-order valence-electron chi connectivity index (χ2n) is 5.22. The smallest absolute Gasteiger partial charge is 0.249 e. The SMILES string of the molecule is CCC1(CC)NC(=O)C(C)N(CCn2cccn2)C1=O. The van der Waals surface area contributed by atoms with Crippen LogP contribution in [0, 0.1) is 0 Å². The van der Waals surface area contributed by atoms with Crippen molar-refractivity contribution in [2.24, 2.45) is 0 Å². The molecule has 1 saturated heterocycles. The van der Waals surface area contributed by atoms with Crippen LogP contribution in [0.3, 0.4) is 0 Å². The van der Waals surface area contributed by atoms with E-state index in [4.69, 9.17) is 0 Å². The first-order valence-corrected chi connectivity index (χ1v) is 7.14. The van der Waals surface area contributed by atoms with Crippen molar-refractivity contribution >= 4 is 11.8 Å². The molecule has 1 aliphatic heterocycles. The molecule has 2 amide bonds. The summed E-state index contributed by atoms with van der Waals surface area (Å²) in [6.07, 6.45) is 4.78. The Morgan fingerprint density at radius 3 is 2.55 bits per heavy atom. The normalized spacial score (nSPS) is 21.9. The summed E-state index contributed by atoms with van der Waals surface area (Å²) in [6, 6.07) is 1.42. The fourth-order valence-electron chi connectivity index (χ4n) is 2.65. The van der Waals surface area contributed by atoms with Crippen LogP contribution >= 0.6 is 0 Å². The standard InChI is InChI=1S/C14H22N4O2/c1-4-14(5-2)13(20)18(11(3)12(19)16-14)10-9-17-8-6-7-15-17/h6-8,11H,4-5,9-10H2,1-3H3,(H,16,19). The van der Waals surface area contributed by atoms with E-state index in [0.717, 1.165) is 0 Å². The van der Waals surface area contributed by atoms with Gasteiger partial charge >= 0.3 is 0 Å². The van der Waals surface area contributed by atoms with Crippen molar-refractivity contribution in [2.45, 2.75) is 51.7 Å². The van der Waals surface area contributed by atoms with Crippen molar-refractivity contribution in [3.63, 3.8) is 0 Å². The molecule has 2 rings (SSSR count). The number of amides is 2. The topological polar surface area (TPSA) is 67.2 Å². The maximum absolute atomic E-state index is 12.7. The summed E-state index contributed by atoms with van der Waals surface area (Å²) >= 11 is 0. The van der Waals surface area contributed by atoms with Crippen LogP contribution in [0.4, 0.5) is 0 Å². The van der Waals surface area contributed by atoms with Crippen LogP contribution in [0.25, 0.3) is 0 Å². The quantitative estimate of drug-likeness (QED) is 0.866. The van der Waals surface area contributed by atoms with E-state index in [9.17, 15) is 9.59 Å². The highest BCUT2D eigenvalue weighted by Crippen LogP contribution is 2.24. The summed E-state index contributed by atoms with van der Waals surface area (Å²) < 4.78 is 1.77. The van der Waals surface area contributed by atoms with Crippen LogP contribution < -0.4 is 5.32 Å². The van der Waals surface area contributed by atoms with Gasteiger partial charge in [0.05, 0.1) is 6.54 Å². The summed E-state index contributed by atoms with van der Waals surface area (Å²) in [5.74, 6) is -0.0597. The summed E-state index contributed by atoms with van der Waals surface area (Å²) in [5.41, 5.74) is -0.742. The number of aromatic nitrogens is 2. The second-order valence-corrected chi connectivity index (χ2v) is 5.22. The fraction of sp³-hybridized carbons (Fsp3) is 0.643. The molecule has 0 aliphatic carbocycles. The summed E-state index contributed by atoms with van der Waals surface area (Å²) in [4.78, 5) is 26.5. The van der Waals surface area contributed by atoms with Gasteiger partial charge in [-0.15, -0.1) is 0 Å². The van der Waals surface area contributed by atoms with Crippen molar-refractivity contribution < 1.29 is 9.59 Å². The molecule has 6 nitrogen and oxygen atoms in total. The number of hydrogen-bond donors (Lipinski definition) is 1. The number of carbonyl (C=O) groups is 2. The van der Waals surface area contributed by atoms with E-state index in [1.807, 2.05) is 26.1 Å². The molecular formula is C14H22N4O2. The molecule has 0 saturated carbocycles. The molecule has 20 heavy (non-hydrogen) atoms. The summed E-state index contributed by atoms with van der Waals surface area (Å²) in [7, 11) is 0. The Balaban J connectivity index is 2.15. The number of piperazine rings is 1. The molecule has 0 radical (unpaired) electrons. The van der Waals surface area contributed by atoms with Crippen molar-refractivity contribution in [1.29, 1.82) is 0 Å². The zero-order valence-electron chi connectivity index (χ0n) is 12.3. The molecule has 0 bridgehead atoms. The minimum Gasteiger partial charge on any atom is -0.340 e. The van der Waals surface area contributed by atoms with Gasteiger partial charge in [0.25, 0.3) is 0 Å². The van der Waals surface area contributed by atoms with Crippen LogP contribution in [-0.2, 0) is 16.1 Å². The lowest BCUT2D eigenvalue weighted by Crippen LogP contribution is -2.69. The molecule has 2 heterocycles. The predicted octanol–water partition coefficient (Wildman–Crippen LogP) is 0.789. The number of nitrogens with zero attached hydrogens (tertiary/aromatic N) is 3. The van der Waals surface area contributed by atoms with Gasteiger partial charge in [-0.1, -0.05) is 13.8 Å². The number of carbonyl (C=O) groups excluding carboxylic acids is 2. The first-order chi connectivity index (χ1) is 9.54. The van der Waals surface area contributed by atoms with Gasteiger partial charge in [0.15, 0.2) is 0 Å². The zero-order chi connectivity index (χ0) is 14.8. The molecule has 6 heteroatoms. The molecule has 1 fully saturated rings. The van der Waals surface area contributed by atoms with Crippen molar-refractivity contribution in [1.82, 2.24) is 20.0 Å². The highest BCUT2D eigenvalue weighted by molar-refractivity contribution is 5.99. The van der Waals surface area contributed by atoms with Crippen molar-refractivity contribution in [3.8, 4) is 0 Å². The maximum atomic E-state index is 12.7. The lowest BCUT2D eigenvalue weighted by Gasteiger charge is -2.44. The first-order valence-electron chi connectivity index (χ1n) is 7.14. The van der Waals surface area contributed by atoms with Crippen LogP contribution in [0.2, 0.25) is 0 Å². The lowest BCUT2D eigenvalue weighted by atomic mass is 9.87. The van der Waals surface area contributed by atoms with Crippen LogP contribution in [0.15, 0.2) is 18.5 Å². The van der Waals surface area contributed by atoms with Crippen LogP contribution in [-0.4, -0.2) is 44.6 Å². The van der Waals surface area contributed by atoms with E-state index < -0.39 is 11.6 Å². The minimum atomic E-state index is -0.742. The van der Waals surface area contributed by atoms with Gasteiger partial charge in [0, 0.05) is 18.9 Å². The van der Waals surface area contributed by atoms with Gasteiger partial charge in [0.2, 0.25) is 11.8 Å². The van der Waals surface area contributed by atoms with E-state index in [0.29, 0.717) is 25.9 Å². The van der Waals surface area contributed by atoms with Gasteiger partial charge in [-0.05, 0) is 25.8 Å². The molecule has 1 atom stereocenters. The molecule has 0 spiro atoms. The summed E-state index contributed by atoms with van der Waals surface area (Å²) in [6.45, 7) is 6.73. The Morgan fingerprint density at radius 2 is 2.00 bits per heavy atom. The zero-order valence-corrected chi connectivity index (χ0v) is 12.3. The highest BCUT2D eigenvalue weighted by Gasteiger charge is 2.47. The molecule has 1 aromatic rings. The molecule has 1 aromatic heterocycles. The van der Waals surface area contributed by atoms with Crippen molar-refractivity contribution in [3.05, 3.63) is 18.5 Å². The van der Waals surface area contributed by atoms with Gasteiger partial charge in [-0.25, -0.2) is 0 Å². The number of rotatable bonds is 5. The minimum absolute atomic E-state index is 0.0155. The molecular weight excluding hydrogens is 256 g/mol. The average Bonchev–Trinajstić information content (AvgIpc) is 2.96. The van der Waals surface area contributed by atoms with Crippen LogP contribution in [0.5, 0.6) is 0 Å². The number of nitrogens with one attached hydrogen (secondary N) is 1. The monoisotopic (exact) mass is 278 g/mol. The highest BCUT2D eigenvalue weighted by atomic mass is 16.2. The Hall–Kier alpha value is -1.85. The largest absolute Gasteiger partial charge is 0.340 e. The van der Waals surface area contributed by atoms with E-state index in [1.165, 1.54) is 0 Å². The van der Waals surface area contributed by atoms with E-state index in [2.05, 4.69) is 10.4 Å². The number of hydrogen-bond acceptors (Lipinski definition) is 3. The molecule has 1 aliphatic rings. The Bertz CT molecular complexity index is 479. The molecule has 110 valence electrons. The molecule has 0 aromatic carbocycles. The van der Waals surface area contributed by atoms with Crippen LogP contribution in [0.1, 0.15) is 33.6 Å². The van der Waals surface area contributed by atoms with E-state index in [-0.39, 0.29) is 11.8 Å². The summed E-state index contributed by atoms with van der Waals surface area (Å²) in [5, 5.41) is 7.02. The van der Waals surface area contributed by atoms with Gasteiger partial charge in [-0.2, -0.15) is 5.10 Å². The van der Waals surface area contributed by atoms with Gasteiger partial charge in [-0.3, -0.25) is 14.3 Å². The Kier molecular flexibility index (Phi) is 4.11. The second kappa shape index (κ2) is 5.64. The predicted molar refractivity (Wildman–Crippen MR) is 74.9 cm³/mol. The van der Waals surface area contributed by atoms with Gasteiger partial charge < -0.3 is 10.2 Å². The Morgan fingerprint density at radius 1 is 1.30 bits per heavy atom. The molecule has 1 N–H and O–H groups in total. The fourth-order valence-corrected chi connectivity index (χ4v) is 2.65. The first kappa shape index (κ1) is 14.6. The van der Waals surface area contributed by atoms with Gasteiger partial charge in [0.1, 0.15) is 11.6 Å². The lowest BCUT2D eigenvalue weighted by molar-refractivity contribution is -0.155. The third-order valence-corrected chi connectivity index (χ3v) is 4.22. The van der Waals surface area contributed by atoms with E-state index in [1.54, 1.807) is 22.7 Å². The third kappa shape index (κ3) is 2.42. The van der Waals surface area contributed by atoms with Crippen molar-refractivity contribution in [2.75, 3.05) is 6.54 Å².